The van der Waals surface area contributed by atoms with Crippen LogP contribution in [0, 0.1) is 0 Å². The summed E-state index contributed by atoms with van der Waals surface area (Å²) in [5.74, 6) is 2.13. The van der Waals surface area contributed by atoms with Crippen molar-refractivity contribution in [2.24, 2.45) is 10.9 Å². The Kier molecular flexibility index (Phi) is 10.3. The van der Waals surface area contributed by atoms with Crippen LogP contribution in [0.1, 0.15) is 39.2 Å². The van der Waals surface area contributed by atoms with Gasteiger partial charge in [0.2, 0.25) is 0 Å². The SMILES string of the molecule is CC(C)(C)OC(=O)C[N+]1(C)CCC(N2CCN(c3ccc(/C=N/N)cc3)CC2)CC1.O=C([O-])C(F)(F)F. The fraction of sp³-hybridized carbons (Fsp3) is 0.640. The summed E-state index contributed by atoms with van der Waals surface area (Å²) in [7, 11) is 2.19. The van der Waals surface area contributed by atoms with E-state index in [-0.39, 0.29) is 5.97 Å². The second-order valence-corrected chi connectivity index (χ2v) is 10.7. The highest BCUT2D eigenvalue weighted by Crippen LogP contribution is 2.24. The number of hydrogen-bond acceptors (Lipinski definition) is 8. The standard InChI is InChI=1S/C23H38N5O2.C2HF3O2/c1-23(2,3)30-22(29)18-28(4)15-9-21(10-16-28)27-13-11-26(12-14-27)20-7-5-19(6-8-20)17-25-24;3-2(4,5)1(6)7/h5-8,17,21H,9-16,18,24H2,1-4H3;(H,6,7)/q+1;/p-1/b25-17+;. The highest BCUT2D eigenvalue weighted by molar-refractivity contribution is 5.80. The van der Waals surface area contributed by atoms with Crippen molar-refractivity contribution in [3.8, 4) is 0 Å². The summed E-state index contributed by atoms with van der Waals surface area (Å²) < 4.78 is 37.9. The molecule has 1 aromatic carbocycles. The summed E-state index contributed by atoms with van der Waals surface area (Å²) in [6.07, 6.45) is -1.24. The molecule has 0 bridgehead atoms. The Morgan fingerprint density at radius 2 is 1.62 bits per heavy atom. The number of carboxylic acid groups (broad SMARTS) is 1. The molecule has 2 N–H and O–H groups in total. The molecule has 0 radical (unpaired) electrons. The third-order valence-electron chi connectivity index (χ3n) is 6.48. The number of alkyl halides is 3. The molecule has 0 saturated carbocycles. The Balaban J connectivity index is 0.000000604. The first-order valence-electron chi connectivity index (χ1n) is 12.3. The molecular formula is C25H38F3N5O4. The summed E-state index contributed by atoms with van der Waals surface area (Å²) in [4.78, 5) is 26.2. The first-order valence-corrected chi connectivity index (χ1v) is 12.3. The molecule has 12 heteroatoms. The number of carbonyl (C=O) groups is 2. The van der Waals surface area contributed by atoms with Crippen molar-refractivity contribution in [3.05, 3.63) is 29.8 Å². The number of rotatable bonds is 5. The van der Waals surface area contributed by atoms with E-state index in [1.807, 2.05) is 20.8 Å². The third-order valence-corrected chi connectivity index (χ3v) is 6.48. The molecule has 2 fully saturated rings. The van der Waals surface area contributed by atoms with E-state index in [0.29, 0.717) is 12.6 Å². The Hall–Kier alpha value is -2.86. The lowest BCUT2D eigenvalue weighted by atomic mass is 10.00. The first kappa shape index (κ1) is 30.4. The van der Waals surface area contributed by atoms with Gasteiger partial charge in [-0.2, -0.15) is 18.3 Å². The van der Waals surface area contributed by atoms with E-state index in [1.54, 1.807) is 6.21 Å². The molecule has 0 aliphatic carbocycles. The van der Waals surface area contributed by atoms with E-state index in [0.717, 1.165) is 62.2 Å². The van der Waals surface area contributed by atoms with Crippen molar-refractivity contribution in [2.45, 2.75) is 51.4 Å². The number of benzene rings is 1. The summed E-state index contributed by atoms with van der Waals surface area (Å²) in [6, 6.07) is 9.03. The fourth-order valence-corrected chi connectivity index (χ4v) is 4.59. The number of anilines is 1. The molecule has 0 atom stereocenters. The second kappa shape index (κ2) is 12.6. The summed E-state index contributed by atoms with van der Waals surface area (Å²) in [6.45, 7) is 12.6. The number of likely N-dealkylation sites (N-methyl/N-ethyl adjacent to an activating group) is 1. The van der Waals surface area contributed by atoms with E-state index < -0.39 is 17.7 Å². The van der Waals surface area contributed by atoms with Crippen LogP contribution >= 0.6 is 0 Å². The zero-order valence-corrected chi connectivity index (χ0v) is 22.0. The number of piperazine rings is 1. The molecular weight excluding hydrogens is 491 g/mol. The molecule has 37 heavy (non-hydrogen) atoms. The van der Waals surface area contributed by atoms with Crippen molar-refractivity contribution in [2.75, 3.05) is 57.8 Å². The Morgan fingerprint density at radius 3 is 2.05 bits per heavy atom. The average molecular weight is 530 g/mol. The van der Waals surface area contributed by atoms with E-state index in [9.17, 15) is 18.0 Å². The second-order valence-electron chi connectivity index (χ2n) is 10.7. The molecule has 0 aromatic heterocycles. The van der Waals surface area contributed by atoms with Crippen LogP contribution in [0.2, 0.25) is 0 Å². The molecule has 2 aliphatic rings. The number of nitrogens with zero attached hydrogens (tertiary/aromatic N) is 4. The fourth-order valence-electron chi connectivity index (χ4n) is 4.59. The quantitative estimate of drug-likeness (QED) is 0.202. The number of hydrogen-bond donors (Lipinski definition) is 1. The molecule has 9 nitrogen and oxygen atoms in total. The van der Waals surface area contributed by atoms with Gasteiger partial charge in [0.15, 0.2) is 6.54 Å². The molecule has 2 aliphatic heterocycles. The van der Waals surface area contributed by atoms with Crippen molar-refractivity contribution in [1.82, 2.24) is 4.90 Å². The topological polar surface area (TPSA) is 111 Å². The lowest BCUT2D eigenvalue weighted by molar-refractivity contribution is -0.907. The highest BCUT2D eigenvalue weighted by Gasteiger charge is 2.36. The number of likely N-dealkylation sites (tertiary alicyclic amines) is 1. The molecule has 0 unspecified atom stereocenters. The predicted octanol–water partition coefficient (Wildman–Crippen LogP) is 1.35. The van der Waals surface area contributed by atoms with E-state index in [1.165, 1.54) is 5.69 Å². The normalized spacial score (nSPS) is 23.3. The maximum absolute atomic E-state index is 12.3. The van der Waals surface area contributed by atoms with Gasteiger partial charge in [-0.3, -0.25) is 4.90 Å². The maximum Gasteiger partial charge on any atom is 0.430 e. The summed E-state index contributed by atoms with van der Waals surface area (Å²) >= 11 is 0. The van der Waals surface area contributed by atoms with Crippen LogP contribution in [0.5, 0.6) is 0 Å². The van der Waals surface area contributed by atoms with Gasteiger partial charge in [0, 0.05) is 50.7 Å². The Labute approximate surface area is 216 Å². The van der Waals surface area contributed by atoms with Gasteiger partial charge in [0.1, 0.15) is 11.6 Å². The Morgan fingerprint density at radius 1 is 1.11 bits per heavy atom. The van der Waals surface area contributed by atoms with Crippen molar-refractivity contribution >= 4 is 23.8 Å². The molecule has 2 saturated heterocycles. The van der Waals surface area contributed by atoms with E-state index >= 15 is 0 Å². The smallest absolute Gasteiger partial charge is 0.430 e. The van der Waals surface area contributed by atoms with Crippen LogP contribution < -0.4 is 15.8 Å². The molecule has 2 heterocycles. The van der Waals surface area contributed by atoms with Crippen LogP contribution in [0.3, 0.4) is 0 Å². The van der Waals surface area contributed by atoms with Crippen molar-refractivity contribution < 1.29 is 37.1 Å². The third kappa shape index (κ3) is 10.2. The minimum Gasteiger partial charge on any atom is -0.542 e. The van der Waals surface area contributed by atoms with Gasteiger partial charge in [-0.1, -0.05) is 12.1 Å². The van der Waals surface area contributed by atoms with Crippen LogP contribution in [-0.4, -0.2) is 98.2 Å². The zero-order valence-electron chi connectivity index (χ0n) is 22.0. The van der Waals surface area contributed by atoms with E-state index in [4.69, 9.17) is 20.5 Å². The number of halogens is 3. The number of ether oxygens (including phenoxy) is 1. The minimum absolute atomic E-state index is 0.0826. The predicted molar refractivity (Wildman–Crippen MR) is 133 cm³/mol. The lowest BCUT2D eigenvalue weighted by Gasteiger charge is -2.46. The van der Waals surface area contributed by atoms with Crippen LogP contribution in [0.25, 0.3) is 0 Å². The molecule has 3 rings (SSSR count). The maximum atomic E-state index is 12.3. The van der Waals surface area contributed by atoms with Gasteiger partial charge in [-0.15, -0.1) is 0 Å². The minimum atomic E-state index is -5.19. The number of aliphatic carboxylic acids is 1. The van der Waals surface area contributed by atoms with Gasteiger partial charge in [0.05, 0.1) is 26.4 Å². The number of hydrazone groups is 1. The molecule has 1 aromatic rings. The number of quaternary nitrogens is 1. The van der Waals surface area contributed by atoms with Crippen molar-refractivity contribution in [1.29, 1.82) is 0 Å². The van der Waals surface area contributed by atoms with Crippen LogP contribution in [-0.2, 0) is 14.3 Å². The zero-order chi connectivity index (χ0) is 27.9. The number of piperidine rings is 1. The van der Waals surface area contributed by atoms with Gasteiger partial charge in [0.25, 0.3) is 0 Å². The number of nitrogens with two attached hydrogens (primary N) is 1. The average Bonchev–Trinajstić information content (AvgIpc) is 2.79. The first-order chi connectivity index (χ1) is 17.1. The van der Waals surface area contributed by atoms with Gasteiger partial charge >= 0.3 is 12.1 Å². The van der Waals surface area contributed by atoms with Crippen LogP contribution in [0.4, 0.5) is 18.9 Å². The monoisotopic (exact) mass is 529 g/mol. The summed E-state index contributed by atoms with van der Waals surface area (Å²) in [5, 5.41) is 12.4. The number of carboxylic acids is 1. The molecule has 208 valence electrons. The van der Waals surface area contributed by atoms with E-state index in [2.05, 4.69) is 46.2 Å². The molecule has 0 amide bonds. The molecule has 0 spiro atoms. The van der Waals surface area contributed by atoms with Gasteiger partial charge < -0.3 is 29.9 Å². The van der Waals surface area contributed by atoms with Gasteiger partial charge in [-0.25, -0.2) is 4.79 Å². The Bertz CT molecular complexity index is 916. The largest absolute Gasteiger partial charge is 0.542 e. The lowest BCUT2D eigenvalue weighted by Crippen LogP contribution is -2.59. The van der Waals surface area contributed by atoms with Gasteiger partial charge in [-0.05, 0) is 38.5 Å². The number of carbonyl (C=O) groups excluding carboxylic acids is 2. The van der Waals surface area contributed by atoms with Crippen molar-refractivity contribution in [3.63, 3.8) is 0 Å². The highest BCUT2D eigenvalue weighted by atomic mass is 19.4. The van der Waals surface area contributed by atoms with Crippen LogP contribution in [0.15, 0.2) is 29.4 Å². The number of esters is 1. The summed E-state index contributed by atoms with van der Waals surface area (Å²) in [5.41, 5.74) is 1.87.